The molecule has 1 unspecified atom stereocenters. The van der Waals surface area contributed by atoms with Gasteiger partial charge in [0.2, 0.25) is 0 Å². The first-order chi connectivity index (χ1) is 8.95. The van der Waals surface area contributed by atoms with Gasteiger partial charge < -0.3 is 5.32 Å². The number of H-pyrrole nitrogens is 1. The molecule has 0 aromatic carbocycles. The smallest absolute Gasteiger partial charge is 0.251 e. The number of nitrogens with one attached hydrogen (secondary N) is 2. The maximum atomic E-state index is 12.1. The second kappa shape index (κ2) is 5.17. The van der Waals surface area contributed by atoms with E-state index >= 15 is 0 Å². The van der Waals surface area contributed by atoms with Crippen molar-refractivity contribution in [2.45, 2.75) is 33.7 Å². The molecule has 0 bridgehead atoms. The highest BCUT2D eigenvalue weighted by molar-refractivity contribution is 5.94. The number of rotatable bonds is 3. The third kappa shape index (κ3) is 3.15. The van der Waals surface area contributed by atoms with Crippen molar-refractivity contribution < 1.29 is 4.79 Å². The van der Waals surface area contributed by atoms with Gasteiger partial charge in [-0.3, -0.25) is 14.9 Å². The maximum Gasteiger partial charge on any atom is 0.251 e. The Kier molecular flexibility index (Phi) is 3.59. The number of hydrogen-bond acceptors (Lipinski definition) is 4. The first kappa shape index (κ1) is 13.2. The van der Waals surface area contributed by atoms with Crippen LogP contribution < -0.4 is 5.32 Å². The molecule has 19 heavy (non-hydrogen) atoms. The summed E-state index contributed by atoms with van der Waals surface area (Å²) in [4.78, 5) is 20.6. The fourth-order valence-electron chi connectivity index (χ4n) is 1.86. The summed E-state index contributed by atoms with van der Waals surface area (Å²) in [5.41, 5.74) is 2.25. The highest BCUT2D eigenvalue weighted by Gasteiger charge is 2.15. The highest BCUT2D eigenvalue weighted by atomic mass is 16.1. The average Bonchev–Trinajstić information content (AvgIpc) is 2.74. The quantitative estimate of drug-likeness (QED) is 0.877. The Bertz CT molecular complexity index is 585. The van der Waals surface area contributed by atoms with E-state index in [0.29, 0.717) is 11.4 Å². The van der Waals surface area contributed by atoms with Crippen LogP contribution in [0.3, 0.4) is 0 Å². The number of aromatic amines is 1. The van der Waals surface area contributed by atoms with Gasteiger partial charge in [0.1, 0.15) is 5.82 Å². The Labute approximate surface area is 111 Å². The lowest BCUT2D eigenvalue weighted by Gasteiger charge is -2.11. The van der Waals surface area contributed by atoms with Gasteiger partial charge in [-0.25, -0.2) is 4.98 Å². The minimum Gasteiger partial charge on any atom is -0.342 e. The number of amides is 1. The largest absolute Gasteiger partial charge is 0.342 e. The van der Waals surface area contributed by atoms with Crippen LogP contribution in [0.5, 0.6) is 0 Å². The van der Waals surface area contributed by atoms with E-state index < -0.39 is 0 Å². The van der Waals surface area contributed by atoms with E-state index in [-0.39, 0.29) is 11.9 Å². The number of aryl methyl sites for hydroxylation is 3. The van der Waals surface area contributed by atoms with Gasteiger partial charge in [-0.05, 0) is 39.8 Å². The standard InChI is InChI=1S/C13H17N5O/c1-7-5-11(6-8(2)14-7)13(19)15-9(3)12-16-10(4)17-18-12/h5-6,9H,1-4H3,(H,15,19)(H,16,17,18). The van der Waals surface area contributed by atoms with E-state index in [1.807, 2.05) is 27.7 Å². The SMILES string of the molecule is Cc1cc(C(=O)NC(C)c2n[nH]c(C)n2)cc(C)n1. The van der Waals surface area contributed by atoms with Gasteiger partial charge in [-0.1, -0.05) is 0 Å². The van der Waals surface area contributed by atoms with Gasteiger partial charge in [0.25, 0.3) is 5.91 Å². The molecule has 0 saturated heterocycles. The van der Waals surface area contributed by atoms with Gasteiger partial charge in [-0.15, -0.1) is 0 Å². The topological polar surface area (TPSA) is 83.6 Å². The summed E-state index contributed by atoms with van der Waals surface area (Å²) in [5.74, 6) is 1.16. The molecule has 6 heteroatoms. The van der Waals surface area contributed by atoms with Crippen LogP contribution in [0.2, 0.25) is 0 Å². The van der Waals surface area contributed by atoms with E-state index in [4.69, 9.17) is 0 Å². The molecule has 0 aliphatic rings. The molecule has 2 heterocycles. The van der Waals surface area contributed by atoms with Gasteiger partial charge >= 0.3 is 0 Å². The van der Waals surface area contributed by atoms with Crippen molar-refractivity contribution >= 4 is 5.91 Å². The molecule has 100 valence electrons. The number of pyridine rings is 1. The second-order valence-corrected chi connectivity index (χ2v) is 4.61. The normalized spacial score (nSPS) is 12.2. The molecule has 0 radical (unpaired) electrons. The van der Waals surface area contributed by atoms with Gasteiger partial charge in [-0.2, -0.15) is 5.10 Å². The molecule has 1 atom stereocenters. The fourth-order valence-corrected chi connectivity index (χ4v) is 1.86. The number of carbonyl (C=O) groups is 1. The van der Waals surface area contributed by atoms with Crippen LogP contribution in [0.1, 0.15) is 46.4 Å². The minimum absolute atomic E-state index is 0.149. The van der Waals surface area contributed by atoms with E-state index in [9.17, 15) is 4.79 Å². The number of hydrogen-bond donors (Lipinski definition) is 2. The second-order valence-electron chi connectivity index (χ2n) is 4.61. The van der Waals surface area contributed by atoms with Crippen molar-refractivity contribution in [2.75, 3.05) is 0 Å². The molecular formula is C13H17N5O. The van der Waals surface area contributed by atoms with Gasteiger partial charge in [0.15, 0.2) is 5.82 Å². The lowest BCUT2D eigenvalue weighted by molar-refractivity contribution is 0.0938. The number of nitrogens with zero attached hydrogens (tertiary/aromatic N) is 3. The molecule has 2 aromatic heterocycles. The van der Waals surface area contributed by atoms with Crippen LogP contribution >= 0.6 is 0 Å². The monoisotopic (exact) mass is 259 g/mol. The summed E-state index contributed by atoms with van der Waals surface area (Å²) in [6.07, 6.45) is 0. The van der Waals surface area contributed by atoms with E-state index in [1.54, 1.807) is 12.1 Å². The van der Waals surface area contributed by atoms with Crippen LogP contribution in [0, 0.1) is 20.8 Å². The Morgan fingerprint density at radius 1 is 1.21 bits per heavy atom. The summed E-state index contributed by atoms with van der Waals surface area (Å²) >= 11 is 0. The molecule has 1 amide bonds. The van der Waals surface area contributed by atoms with E-state index in [2.05, 4.69) is 25.5 Å². The molecular weight excluding hydrogens is 242 g/mol. The lowest BCUT2D eigenvalue weighted by atomic mass is 10.1. The van der Waals surface area contributed by atoms with Gasteiger partial charge in [0.05, 0.1) is 6.04 Å². The summed E-state index contributed by atoms with van der Waals surface area (Å²) < 4.78 is 0. The highest BCUT2D eigenvalue weighted by Crippen LogP contribution is 2.10. The fraction of sp³-hybridized carbons (Fsp3) is 0.385. The third-order valence-electron chi connectivity index (χ3n) is 2.69. The summed E-state index contributed by atoms with van der Waals surface area (Å²) in [5, 5.41) is 9.66. The first-order valence-electron chi connectivity index (χ1n) is 6.11. The Balaban J connectivity index is 2.12. The van der Waals surface area contributed by atoms with Crippen molar-refractivity contribution in [3.63, 3.8) is 0 Å². The first-order valence-corrected chi connectivity index (χ1v) is 6.11. The summed E-state index contributed by atoms with van der Waals surface area (Å²) in [6.45, 7) is 7.40. The van der Waals surface area contributed by atoms with Crippen molar-refractivity contribution in [3.8, 4) is 0 Å². The van der Waals surface area contributed by atoms with Crippen molar-refractivity contribution in [1.82, 2.24) is 25.5 Å². The summed E-state index contributed by atoms with van der Waals surface area (Å²) in [6, 6.07) is 3.28. The maximum absolute atomic E-state index is 12.1. The molecule has 2 rings (SSSR count). The lowest BCUT2D eigenvalue weighted by Crippen LogP contribution is -2.27. The zero-order chi connectivity index (χ0) is 14.0. The minimum atomic E-state index is -0.244. The molecule has 0 spiro atoms. The van der Waals surface area contributed by atoms with Crippen LogP contribution in [-0.4, -0.2) is 26.1 Å². The van der Waals surface area contributed by atoms with E-state index in [1.165, 1.54) is 0 Å². The van der Waals surface area contributed by atoms with Crippen molar-refractivity contribution in [3.05, 3.63) is 40.7 Å². The van der Waals surface area contributed by atoms with Crippen LogP contribution in [0.4, 0.5) is 0 Å². The zero-order valence-electron chi connectivity index (χ0n) is 11.5. The zero-order valence-corrected chi connectivity index (χ0v) is 11.5. The van der Waals surface area contributed by atoms with Crippen LogP contribution in [0.15, 0.2) is 12.1 Å². The molecule has 0 aliphatic carbocycles. The molecule has 2 aromatic rings. The Morgan fingerprint density at radius 2 is 1.84 bits per heavy atom. The predicted molar refractivity (Wildman–Crippen MR) is 70.7 cm³/mol. The molecule has 0 aliphatic heterocycles. The van der Waals surface area contributed by atoms with Gasteiger partial charge in [0, 0.05) is 17.0 Å². The van der Waals surface area contributed by atoms with Crippen molar-refractivity contribution in [1.29, 1.82) is 0 Å². The Hall–Kier alpha value is -2.24. The molecule has 0 fully saturated rings. The summed E-state index contributed by atoms with van der Waals surface area (Å²) in [7, 11) is 0. The predicted octanol–water partition coefficient (Wildman–Crippen LogP) is 1.62. The van der Waals surface area contributed by atoms with Crippen LogP contribution in [-0.2, 0) is 0 Å². The number of carbonyl (C=O) groups excluding carboxylic acids is 1. The number of aromatic nitrogens is 4. The molecule has 6 nitrogen and oxygen atoms in total. The van der Waals surface area contributed by atoms with E-state index in [0.717, 1.165) is 17.2 Å². The molecule has 2 N–H and O–H groups in total. The molecule has 0 saturated carbocycles. The van der Waals surface area contributed by atoms with Crippen molar-refractivity contribution in [2.24, 2.45) is 0 Å². The third-order valence-corrected chi connectivity index (χ3v) is 2.69. The Morgan fingerprint density at radius 3 is 2.37 bits per heavy atom. The van der Waals surface area contributed by atoms with Crippen LogP contribution in [0.25, 0.3) is 0 Å². The average molecular weight is 259 g/mol.